The van der Waals surface area contributed by atoms with Crippen molar-refractivity contribution in [2.45, 2.75) is 91.7 Å². The number of aromatic nitrogens is 2. The number of ether oxygens (including phenoxy) is 1. The zero-order chi connectivity index (χ0) is 16.1. The topological polar surface area (TPSA) is 27.1 Å². The number of hydrogen-bond donors (Lipinski definition) is 0. The molecular weight excluding hydrogens is 272 g/mol. The molecule has 0 radical (unpaired) electrons. The SMILES string of the molecule is CC(C)(C)CCCCCCCCCCCOCn1ccnc1. The maximum atomic E-state index is 5.60. The highest BCUT2D eigenvalue weighted by molar-refractivity contribution is 4.71. The molecule has 3 nitrogen and oxygen atoms in total. The molecule has 128 valence electrons. The van der Waals surface area contributed by atoms with E-state index in [0.29, 0.717) is 12.1 Å². The van der Waals surface area contributed by atoms with Crippen molar-refractivity contribution in [2.24, 2.45) is 5.41 Å². The molecule has 1 aromatic heterocycles. The Morgan fingerprint density at radius 1 is 0.864 bits per heavy atom. The van der Waals surface area contributed by atoms with Gasteiger partial charge >= 0.3 is 0 Å². The first kappa shape index (κ1) is 19.2. The zero-order valence-electron chi connectivity index (χ0n) is 15.0. The van der Waals surface area contributed by atoms with Crippen molar-refractivity contribution in [2.75, 3.05) is 6.61 Å². The second kappa shape index (κ2) is 11.7. The quantitative estimate of drug-likeness (QED) is 0.430. The Morgan fingerprint density at radius 2 is 1.45 bits per heavy atom. The predicted octanol–water partition coefficient (Wildman–Crippen LogP) is 5.80. The van der Waals surface area contributed by atoms with Gasteiger partial charge in [0.15, 0.2) is 0 Å². The van der Waals surface area contributed by atoms with Crippen LogP contribution < -0.4 is 0 Å². The molecule has 0 fully saturated rings. The van der Waals surface area contributed by atoms with Crippen LogP contribution in [0, 0.1) is 5.41 Å². The van der Waals surface area contributed by atoms with Gasteiger partial charge in [0.05, 0.1) is 6.33 Å². The minimum absolute atomic E-state index is 0.514. The van der Waals surface area contributed by atoms with Crippen LogP contribution >= 0.6 is 0 Å². The third kappa shape index (κ3) is 11.8. The molecule has 1 rings (SSSR count). The van der Waals surface area contributed by atoms with Crippen molar-refractivity contribution in [3.63, 3.8) is 0 Å². The largest absolute Gasteiger partial charge is 0.361 e. The van der Waals surface area contributed by atoms with E-state index in [0.717, 1.165) is 6.61 Å². The van der Waals surface area contributed by atoms with Gasteiger partial charge in [-0.2, -0.15) is 0 Å². The summed E-state index contributed by atoms with van der Waals surface area (Å²) in [5, 5.41) is 0. The average Bonchev–Trinajstić information content (AvgIpc) is 2.96. The third-order valence-corrected chi connectivity index (χ3v) is 4.02. The van der Waals surface area contributed by atoms with Crippen LogP contribution in [0.1, 0.15) is 85.0 Å². The van der Waals surface area contributed by atoms with Gasteiger partial charge in [0.2, 0.25) is 0 Å². The highest BCUT2D eigenvalue weighted by Gasteiger charge is 2.08. The summed E-state index contributed by atoms with van der Waals surface area (Å²) in [6, 6.07) is 0. The van der Waals surface area contributed by atoms with Gasteiger partial charge in [-0.15, -0.1) is 0 Å². The lowest BCUT2D eigenvalue weighted by molar-refractivity contribution is 0.0738. The fourth-order valence-corrected chi connectivity index (χ4v) is 2.63. The molecule has 0 aromatic carbocycles. The first-order valence-corrected chi connectivity index (χ1v) is 9.11. The van der Waals surface area contributed by atoms with Crippen LogP contribution in [0.15, 0.2) is 18.7 Å². The molecule has 0 atom stereocenters. The Bertz CT molecular complexity index is 341. The Balaban J connectivity index is 1.73. The first-order chi connectivity index (χ1) is 10.6. The van der Waals surface area contributed by atoms with Crippen molar-refractivity contribution in [3.05, 3.63) is 18.7 Å². The first-order valence-electron chi connectivity index (χ1n) is 9.11. The van der Waals surface area contributed by atoms with Crippen molar-refractivity contribution in [1.82, 2.24) is 9.55 Å². The van der Waals surface area contributed by atoms with Crippen LogP contribution in [0.4, 0.5) is 0 Å². The highest BCUT2D eigenvalue weighted by Crippen LogP contribution is 2.22. The van der Waals surface area contributed by atoms with Crippen molar-refractivity contribution in [1.29, 1.82) is 0 Å². The Hall–Kier alpha value is -0.830. The van der Waals surface area contributed by atoms with E-state index >= 15 is 0 Å². The Labute approximate surface area is 137 Å². The summed E-state index contributed by atoms with van der Waals surface area (Å²) in [6.45, 7) is 8.52. The molecule has 0 unspecified atom stereocenters. The fourth-order valence-electron chi connectivity index (χ4n) is 2.63. The molecule has 0 saturated heterocycles. The van der Waals surface area contributed by atoms with Crippen LogP contribution in [-0.2, 0) is 11.5 Å². The number of hydrogen-bond acceptors (Lipinski definition) is 2. The molecule has 22 heavy (non-hydrogen) atoms. The average molecular weight is 309 g/mol. The number of rotatable bonds is 13. The highest BCUT2D eigenvalue weighted by atomic mass is 16.5. The molecule has 1 aromatic rings. The van der Waals surface area contributed by atoms with E-state index in [1.165, 1.54) is 64.2 Å². The van der Waals surface area contributed by atoms with Crippen molar-refractivity contribution < 1.29 is 4.74 Å². The minimum atomic E-state index is 0.514. The smallest absolute Gasteiger partial charge is 0.123 e. The van der Waals surface area contributed by atoms with Gasteiger partial charge in [-0.3, -0.25) is 0 Å². The van der Waals surface area contributed by atoms with Gasteiger partial charge in [-0.1, -0.05) is 72.1 Å². The predicted molar refractivity (Wildman–Crippen MR) is 93.8 cm³/mol. The molecule has 0 saturated carbocycles. The van der Waals surface area contributed by atoms with Crippen LogP contribution in [-0.4, -0.2) is 16.2 Å². The maximum absolute atomic E-state index is 5.60. The van der Waals surface area contributed by atoms with Gasteiger partial charge in [-0.25, -0.2) is 4.98 Å². The van der Waals surface area contributed by atoms with Gasteiger partial charge in [0.25, 0.3) is 0 Å². The van der Waals surface area contributed by atoms with E-state index in [4.69, 9.17) is 4.74 Å². The number of nitrogens with zero attached hydrogens (tertiary/aromatic N) is 2. The summed E-state index contributed by atoms with van der Waals surface area (Å²) in [5.74, 6) is 0. The maximum Gasteiger partial charge on any atom is 0.123 e. The van der Waals surface area contributed by atoms with Gasteiger partial charge in [0, 0.05) is 19.0 Å². The molecule has 0 N–H and O–H groups in total. The fraction of sp³-hybridized carbons (Fsp3) is 0.842. The third-order valence-electron chi connectivity index (χ3n) is 4.02. The molecule has 3 heteroatoms. The summed E-state index contributed by atoms with van der Waals surface area (Å²) >= 11 is 0. The van der Waals surface area contributed by atoms with Crippen LogP contribution in [0.5, 0.6) is 0 Å². The van der Waals surface area contributed by atoms with E-state index in [2.05, 4.69) is 25.8 Å². The van der Waals surface area contributed by atoms with Crippen molar-refractivity contribution in [3.8, 4) is 0 Å². The molecule has 0 aliphatic rings. The number of imidazole rings is 1. The summed E-state index contributed by atoms with van der Waals surface area (Å²) in [5.41, 5.74) is 0.514. The van der Waals surface area contributed by atoms with E-state index < -0.39 is 0 Å². The lowest BCUT2D eigenvalue weighted by Gasteiger charge is -2.17. The van der Waals surface area contributed by atoms with Gasteiger partial charge in [0.1, 0.15) is 6.73 Å². The van der Waals surface area contributed by atoms with E-state index in [9.17, 15) is 0 Å². The van der Waals surface area contributed by atoms with E-state index in [1.807, 2.05) is 10.8 Å². The second-order valence-corrected chi connectivity index (χ2v) is 7.61. The molecule has 0 aliphatic carbocycles. The lowest BCUT2D eigenvalue weighted by atomic mass is 9.89. The summed E-state index contributed by atoms with van der Waals surface area (Å²) in [6.07, 6.45) is 19.2. The molecule has 0 amide bonds. The Morgan fingerprint density at radius 3 is 2.00 bits per heavy atom. The van der Waals surface area contributed by atoms with Crippen LogP contribution in [0.3, 0.4) is 0 Å². The van der Waals surface area contributed by atoms with Crippen molar-refractivity contribution >= 4 is 0 Å². The molecule has 1 heterocycles. The molecule has 0 aliphatic heterocycles. The lowest BCUT2D eigenvalue weighted by Crippen LogP contribution is -2.03. The van der Waals surface area contributed by atoms with E-state index in [-0.39, 0.29) is 0 Å². The monoisotopic (exact) mass is 308 g/mol. The standard InChI is InChI=1S/C19H36N2O/c1-19(2,3)13-11-9-7-5-4-6-8-10-12-16-22-18-21-15-14-20-17-21/h14-15,17H,4-13,16,18H2,1-3H3. The molecular formula is C19H36N2O. The Kier molecular flexibility index (Phi) is 10.2. The number of unbranched alkanes of at least 4 members (excludes halogenated alkanes) is 8. The zero-order valence-corrected chi connectivity index (χ0v) is 15.0. The van der Waals surface area contributed by atoms with Gasteiger partial charge < -0.3 is 9.30 Å². The second-order valence-electron chi connectivity index (χ2n) is 7.61. The van der Waals surface area contributed by atoms with Gasteiger partial charge in [-0.05, 0) is 18.3 Å². The van der Waals surface area contributed by atoms with Crippen LogP contribution in [0.25, 0.3) is 0 Å². The summed E-state index contributed by atoms with van der Waals surface area (Å²) < 4.78 is 7.56. The van der Waals surface area contributed by atoms with E-state index in [1.54, 1.807) is 12.5 Å². The summed E-state index contributed by atoms with van der Waals surface area (Å²) in [4.78, 5) is 3.99. The normalized spacial score (nSPS) is 12.0. The van der Waals surface area contributed by atoms with Crippen LogP contribution in [0.2, 0.25) is 0 Å². The molecule has 0 bridgehead atoms. The summed E-state index contributed by atoms with van der Waals surface area (Å²) in [7, 11) is 0. The minimum Gasteiger partial charge on any atom is -0.361 e. The molecule has 0 spiro atoms.